The first-order valence-corrected chi connectivity index (χ1v) is 10.2. The summed E-state index contributed by atoms with van der Waals surface area (Å²) < 4.78 is 5.14. The molecule has 6 heteroatoms. The molecular formula is C23H29N3O3. The summed E-state index contributed by atoms with van der Waals surface area (Å²) in [6.45, 7) is 1.16. The third kappa shape index (κ3) is 5.98. The second kappa shape index (κ2) is 10.5. The highest BCUT2D eigenvalue weighted by molar-refractivity contribution is 5.94. The average Bonchev–Trinajstić information content (AvgIpc) is 2.78. The minimum Gasteiger partial charge on any atom is -0.497 e. The van der Waals surface area contributed by atoms with E-state index in [1.807, 2.05) is 42.5 Å². The van der Waals surface area contributed by atoms with Gasteiger partial charge in [0.05, 0.1) is 13.0 Å². The molecule has 0 aromatic heterocycles. The number of ether oxygens (including phenoxy) is 1. The van der Waals surface area contributed by atoms with Gasteiger partial charge in [-0.25, -0.2) is 0 Å². The number of hydrogen-bond donors (Lipinski definition) is 3. The van der Waals surface area contributed by atoms with Crippen LogP contribution in [0.2, 0.25) is 0 Å². The molecule has 0 aliphatic heterocycles. The number of methoxy groups -OCH3 is 1. The van der Waals surface area contributed by atoms with Gasteiger partial charge < -0.3 is 20.7 Å². The summed E-state index contributed by atoms with van der Waals surface area (Å²) >= 11 is 0. The van der Waals surface area contributed by atoms with Crippen molar-refractivity contribution in [2.45, 2.75) is 31.7 Å². The van der Waals surface area contributed by atoms with E-state index in [9.17, 15) is 9.59 Å². The van der Waals surface area contributed by atoms with Gasteiger partial charge in [-0.3, -0.25) is 9.59 Å². The zero-order valence-corrected chi connectivity index (χ0v) is 16.8. The molecule has 1 aliphatic rings. The van der Waals surface area contributed by atoms with Crippen LogP contribution in [0.3, 0.4) is 0 Å². The van der Waals surface area contributed by atoms with Crippen molar-refractivity contribution in [2.75, 3.05) is 25.5 Å². The van der Waals surface area contributed by atoms with Crippen LogP contribution >= 0.6 is 0 Å². The molecule has 0 spiro atoms. The first-order valence-electron chi connectivity index (χ1n) is 10.2. The Morgan fingerprint density at radius 2 is 1.69 bits per heavy atom. The van der Waals surface area contributed by atoms with Gasteiger partial charge in [0.1, 0.15) is 5.75 Å². The van der Waals surface area contributed by atoms with Gasteiger partial charge in [-0.05, 0) is 49.2 Å². The van der Waals surface area contributed by atoms with E-state index < -0.39 is 0 Å². The van der Waals surface area contributed by atoms with Gasteiger partial charge in [0.25, 0.3) is 5.91 Å². The summed E-state index contributed by atoms with van der Waals surface area (Å²) in [4.78, 5) is 25.2. The third-order valence-corrected chi connectivity index (χ3v) is 5.30. The highest BCUT2D eigenvalue weighted by Crippen LogP contribution is 2.25. The second-order valence-electron chi connectivity index (χ2n) is 7.28. The maximum atomic E-state index is 12.7. The maximum absolute atomic E-state index is 12.7. The molecule has 29 heavy (non-hydrogen) atoms. The Bertz CT molecular complexity index is 793. The van der Waals surface area contributed by atoms with Gasteiger partial charge in [-0.2, -0.15) is 0 Å². The molecule has 1 aliphatic carbocycles. The van der Waals surface area contributed by atoms with Crippen molar-refractivity contribution < 1.29 is 14.3 Å². The van der Waals surface area contributed by atoms with E-state index in [1.165, 1.54) is 0 Å². The highest BCUT2D eigenvalue weighted by atomic mass is 16.5. The normalized spacial score (nSPS) is 18.5. The molecule has 0 saturated heterocycles. The van der Waals surface area contributed by atoms with E-state index in [0.717, 1.165) is 37.1 Å². The predicted octanol–water partition coefficient (Wildman–Crippen LogP) is 3.21. The largest absolute Gasteiger partial charge is 0.497 e. The number of benzene rings is 2. The van der Waals surface area contributed by atoms with Crippen LogP contribution in [0.1, 0.15) is 36.0 Å². The lowest BCUT2D eigenvalue weighted by Gasteiger charge is -2.31. The van der Waals surface area contributed by atoms with Gasteiger partial charge in [-0.15, -0.1) is 0 Å². The number of anilines is 1. The summed E-state index contributed by atoms with van der Waals surface area (Å²) in [5, 5.41) is 9.36. The Balaban J connectivity index is 1.46. The molecule has 0 bridgehead atoms. The van der Waals surface area contributed by atoms with Gasteiger partial charge >= 0.3 is 0 Å². The Morgan fingerprint density at radius 1 is 0.966 bits per heavy atom. The SMILES string of the molecule is COc1ccc(NCCNC(=O)[C@@H]2CCCC[C@@H]2NC(=O)c2ccccc2)cc1. The number of hydrogen-bond acceptors (Lipinski definition) is 4. The van der Waals surface area contributed by atoms with E-state index in [0.29, 0.717) is 18.7 Å². The summed E-state index contributed by atoms with van der Waals surface area (Å²) in [5.41, 5.74) is 1.60. The van der Waals surface area contributed by atoms with E-state index in [1.54, 1.807) is 19.2 Å². The number of carbonyl (C=O) groups excluding carboxylic acids is 2. The molecule has 154 valence electrons. The smallest absolute Gasteiger partial charge is 0.251 e. The molecule has 2 aromatic rings. The van der Waals surface area contributed by atoms with Crippen LogP contribution in [0.4, 0.5) is 5.69 Å². The maximum Gasteiger partial charge on any atom is 0.251 e. The molecule has 0 heterocycles. The molecule has 1 fully saturated rings. The highest BCUT2D eigenvalue weighted by Gasteiger charge is 2.31. The van der Waals surface area contributed by atoms with Crippen molar-refractivity contribution >= 4 is 17.5 Å². The lowest BCUT2D eigenvalue weighted by molar-refractivity contribution is -0.126. The topological polar surface area (TPSA) is 79.5 Å². The van der Waals surface area contributed by atoms with Crippen LogP contribution < -0.4 is 20.7 Å². The fourth-order valence-electron chi connectivity index (χ4n) is 3.69. The molecular weight excluding hydrogens is 366 g/mol. The lowest BCUT2D eigenvalue weighted by Crippen LogP contribution is -2.49. The summed E-state index contributed by atoms with van der Waals surface area (Å²) in [6, 6.07) is 16.7. The quantitative estimate of drug-likeness (QED) is 0.600. The Morgan fingerprint density at radius 3 is 2.41 bits per heavy atom. The Hall–Kier alpha value is -3.02. The minimum atomic E-state index is -0.183. The first-order chi connectivity index (χ1) is 14.2. The van der Waals surface area contributed by atoms with Crippen molar-refractivity contribution in [3.63, 3.8) is 0 Å². The number of carbonyl (C=O) groups is 2. The van der Waals surface area contributed by atoms with Gasteiger partial charge in [-0.1, -0.05) is 31.0 Å². The molecule has 2 aromatic carbocycles. The Labute approximate surface area is 172 Å². The molecule has 3 N–H and O–H groups in total. The minimum absolute atomic E-state index is 0.0135. The van der Waals surface area contributed by atoms with E-state index >= 15 is 0 Å². The number of nitrogens with one attached hydrogen (secondary N) is 3. The van der Waals surface area contributed by atoms with Gasteiger partial charge in [0.2, 0.25) is 5.91 Å². The van der Waals surface area contributed by atoms with Gasteiger partial charge in [0, 0.05) is 30.4 Å². The van der Waals surface area contributed by atoms with E-state index in [4.69, 9.17) is 4.74 Å². The molecule has 3 rings (SSSR count). The van der Waals surface area contributed by atoms with Crippen molar-refractivity contribution in [2.24, 2.45) is 5.92 Å². The van der Waals surface area contributed by atoms with E-state index in [-0.39, 0.29) is 23.8 Å². The zero-order chi connectivity index (χ0) is 20.5. The van der Waals surface area contributed by atoms with Crippen LogP contribution in [-0.4, -0.2) is 38.1 Å². The molecule has 6 nitrogen and oxygen atoms in total. The molecule has 2 amide bonds. The van der Waals surface area contributed by atoms with Crippen molar-refractivity contribution in [3.05, 3.63) is 60.2 Å². The average molecular weight is 396 g/mol. The number of rotatable bonds is 8. The van der Waals surface area contributed by atoms with Crippen molar-refractivity contribution in [1.29, 1.82) is 0 Å². The molecule has 2 atom stereocenters. The fraction of sp³-hybridized carbons (Fsp3) is 0.391. The Kier molecular flexibility index (Phi) is 7.50. The lowest BCUT2D eigenvalue weighted by atomic mass is 9.83. The monoisotopic (exact) mass is 395 g/mol. The summed E-state index contributed by atoms with van der Waals surface area (Å²) in [6.07, 6.45) is 3.68. The summed E-state index contributed by atoms with van der Waals surface area (Å²) in [5.74, 6) is 0.526. The third-order valence-electron chi connectivity index (χ3n) is 5.30. The van der Waals surface area contributed by atoms with Crippen LogP contribution in [0.25, 0.3) is 0 Å². The molecule has 0 radical (unpaired) electrons. The van der Waals surface area contributed by atoms with Gasteiger partial charge in [0.15, 0.2) is 0 Å². The molecule has 1 saturated carbocycles. The first kappa shape index (κ1) is 20.7. The molecule has 0 unspecified atom stereocenters. The van der Waals surface area contributed by atoms with Crippen LogP contribution in [-0.2, 0) is 4.79 Å². The van der Waals surface area contributed by atoms with Crippen molar-refractivity contribution in [1.82, 2.24) is 10.6 Å². The second-order valence-corrected chi connectivity index (χ2v) is 7.28. The predicted molar refractivity (Wildman–Crippen MR) is 114 cm³/mol. The van der Waals surface area contributed by atoms with Crippen LogP contribution in [0, 0.1) is 5.92 Å². The van der Waals surface area contributed by atoms with Crippen LogP contribution in [0.5, 0.6) is 5.75 Å². The van der Waals surface area contributed by atoms with E-state index in [2.05, 4.69) is 16.0 Å². The summed E-state index contributed by atoms with van der Waals surface area (Å²) in [7, 11) is 1.64. The zero-order valence-electron chi connectivity index (χ0n) is 16.8. The standard InChI is InChI=1S/C23H29N3O3/c1-29-19-13-11-18(12-14-19)24-15-16-25-23(28)20-9-5-6-10-21(20)26-22(27)17-7-3-2-4-8-17/h2-4,7-8,11-14,20-21,24H,5-6,9-10,15-16H2,1H3,(H,25,28)(H,26,27)/t20-,21+/m1/s1. The fourth-order valence-corrected chi connectivity index (χ4v) is 3.69. The number of amides is 2. The van der Waals surface area contributed by atoms with Crippen molar-refractivity contribution in [3.8, 4) is 5.75 Å². The van der Waals surface area contributed by atoms with Crippen LogP contribution in [0.15, 0.2) is 54.6 Å².